The molecule has 0 heterocycles. The van der Waals surface area contributed by atoms with E-state index in [-0.39, 0.29) is 24.5 Å². The fourth-order valence-electron chi connectivity index (χ4n) is 1.37. The Kier molecular flexibility index (Phi) is 4.46. The lowest BCUT2D eigenvalue weighted by Gasteiger charge is -2.07. The van der Waals surface area contributed by atoms with Crippen molar-refractivity contribution in [1.82, 2.24) is 0 Å². The molecule has 0 spiro atoms. The van der Waals surface area contributed by atoms with Gasteiger partial charge in [-0.3, -0.25) is 4.79 Å². The fraction of sp³-hybridized carbons (Fsp3) is 0.231. The standard InChI is InChI=1S/C13H15NO3/c1-3-9-5-6-12(15)10(7-9)11(14)8-13(16)17-4-2/h3,5-7,14-15H,1,4,8H2,2H3. The molecule has 0 radical (unpaired) electrons. The number of hydrogen-bond donors (Lipinski definition) is 2. The number of benzene rings is 1. The van der Waals surface area contributed by atoms with Crippen LogP contribution in [0.1, 0.15) is 24.5 Å². The van der Waals surface area contributed by atoms with Crippen LogP contribution in [0.25, 0.3) is 6.08 Å². The van der Waals surface area contributed by atoms with Gasteiger partial charge in [0.05, 0.1) is 18.7 Å². The average molecular weight is 233 g/mol. The van der Waals surface area contributed by atoms with Crippen molar-refractivity contribution in [2.75, 3.05) is 6.61 Å². The van der Waals surface area contributed by atoms with Gasteiger partial charge in [0, 0.05) is 5.56 Å². The zero-order chi connectivity index (χ0) is 12.8. The van der Waals surface area contributed by atoms with Gasteiger partial charge in [-0.15, -0.1) is 0 Å². The number of carbonyl (C=O) groups excluding carboxylic acids is 1. The Morgan fingerprint density at radius 2 is 2.29 bits per heavy atom. The van der Waals surface area contributed by atoms with Crippen LogP contribution < -0.4 is 0 Å². The summed E-state index contributed by atoms with van der Waals surface area (Å²) in [7, 11) is 0. The van der Waals surface area contributed by atoms with Gasteiger partial charge in [0.25, 0.3) is 0 Å². The highest BCUT2D eigenvalue weighted by atomic mass is 16.5. The molecule has 0 bridgehead atoms. The molecule has 0 fully saturated rings. The molecule has 0 atom stereocenters. The monoisotopic (exact) mass is 233 g/mol. The molecular formula is C13H15NO3. The van der Waals surface area contributed by atoms with Crippen molar-refractivity contribution in [3.8, 4) is 5.75 Å². The molecule has 1 aromatic carbocycles. The van der Waals surface area contributed by atoms with E-state index >= 15 is 0 Å². The van der Waals surface area contributed by atoms with Gasteiger partial charge in [0.1, 0.15) is 5.75 Å². The zero-order valence-electron chi connectivity index (χ0n) is 9.69. The molecule has 0 aliphatic rings. The van der Waals surface area contributed by atoms with Crippen LogP contribution in [0.2, 0.25) is 0 Å². The molecule has 0 saturated carbocycles. The predicted octanol–water partition coefficient (Wildman–Crippen LogP) is 2.36. The van der Waals surface area contributed by atoms with Gasteiger partial charge in [0.15, 0.2) is 0 Å². The Labute approximate surface area is 100 Å². The zero-order valence-corrected chi connectivity index (χ0v) is 9.69. The van der Waals surface area contributed by atoms with E-state index in [2.05, 4.69) is 6.58 Å². The second kappa shape index (κ2) is 5.84. The predicted molar refractivity (Wildman–Crippen MR) is 66.3 cm³/mol. The fourth-order valence-corrected chi connectivity index (χ4v) is 1.37. The second-order valence-electron chi connectivity index (χ2n) is 3.44. The molecule has 0 aliphatic heterocycles. The maximum absolute atomic E-state index is 11.2. The van der Waals surface area contributed by atoms with Gasteiger partial charge in [-0.05, 0) is 24.6 Å². The summed E-state index contributed by atoms with van der Waals surface area (Å²) in [6.07, 6.45) is 1.46. The number of rotatable bonds is 5. The molecule has 17 heavy (non-hydrogen) atoms. The molecule has 0 aliphatic carbocycles. The largest absolute Gasteiger partial charge is 0.507 e. The number of hydrogen-bond acceptors (Lipinski definition) is 4. The van der Waals surface area contributed by atoms with Crippen molar-refractivity contribution in [2.24, 2.45) is 0 Å². The molecule has 90 valence electrons. The van der Waals surface area contributed by atoms with Crippen LogP contribution in [0.5, 0.6) is 5.75 Å². The van der Waals surface area contributed by atoms with Crippen LogP contribution >= 0.6 is 0 Å². The van der Waals surface area contributed by atoms with Crippen molar-refractivity contribution < 1.29 is 14.6 Å². The van der Waals surface area contributed by atoms with Crippen LogP contribution in [0.4, 0.5) is 0 Å². The van der Waals surface area contributed by atoms with Gasteiger partial charge < -0.3 is 15.3 Å². The first-order valence-electron chi connectivity index (χ1n) is 5.27. The summed E-state index contributed by atoms with van der Waals surface area (Å²) in [4.78, 5) is 11.2. The first kappa shape index (κ1) is 13.0. The molecule has 1 rings (SSSR count). The minimum atomic E-state index is -0.471. The summed E-state index contributed by atoms with van der Waals surface area (Å²) < 4.78 is 4.75. The van der Waals surface area contributed by atoms with Crippen molar-refractivity contribution in [2.45, 2.75) is 13.3 Å². The Bertz CT molecular complexity index is 452. The summed E-state index contributed by atoms with van der Waals surface area (Å²) >= 11 is 0. The highest BCUT2D eigenvalue weighted by Crippen LogP contribution is 2.20. The highest BCUT2D eigenvalue weighted by molar-refractivity contribution is 6.09. The summed E-state index contributed by atoms with van der Waals surface area (Å²) in [5.41, 5.74) is 1.14. The number of esters is 1. The Morgan fingerprint density at radius 1 is 1.59 bits per heavy atom. The summed E-state index contributed by atoms with van der Waals surface area (Å²) in [6, 6.07) is 4.78. The number of phenolic OH excluding ortho intramolecular Hbond substituents is 1. The van der Waals surface area contributed by atoms with Gasteiger partial charge in [-0.2, -0.15) is 0 Å². The third-order valence-electron chi connectivity index (χ3n) is 2.21. The first-order valence-corrected chi connectivity index (χ1v) is 5.27. The lowest BCUT2D eigenvalue weighted by Crippen LogP contribution is -2.11. The number of carbonyl (C=O) groups is 1. The SMILES string of the molecule is C=Cc1ccc(O)c(C(=N)CC(=O)OCC)c1. The number of ether oxygens (including phenoxy) is 1. The Morgan fingerprint density at radius 3 is 2.88 bits per heavy atom. The molecule has 1 aromatic rings. The van der Waals surface area contributed by atoms with Crippen LogP contribution in [-0.4, -0.2) is 23.4 Å². The van der Waals surface area contributed by atoms with E-state index in [1.165, 1.54) is 6.07 Å². The number of phenols is 1. The van der Waals surface area contributed by atoms with E-state index in [0.717, 1.165) is 5.56 Å². The molecule has 4 nitrogen and oxygen atoms in total. The minimum Gasteiger partial charge on any atom is -0.507 e. The molecule has 0 amide bonds. The molecule has 4 heteroatoms. The third-order valence-corrected chi connectivity index (χ3v) is 2.21. The highest BCUT2D eigenvalue weighted by Gasteiger charge is 2.12. The maximum Gasteiger partial charge on any atom is 0.311 e. The van der Waals surface area contributed by atoms with E-state index < -0.39 is 5.97 Å². The quantitative estimate of drug-likeness (QED) is 0.605. The topological polar surface area (TPSA) is 70.4 Å². The molecule has 0 aromatic heterocycles. The van der Waals surface area contributed by atoms with Crippen molar-refractivity contribution in [3.63, 3.8) is 0 Å². The van der Waals surface area contributed by atoms with Crippen molar-refractivity contribution in [1.29, 1.82) is 5.41 Å². The van der Waals surface area contributed by atoms with E-state index in [9.17, 15) is 9.90 Å². The van der Waals surface area contributed by atoms with E-state index in [4.69, 9.17) is 10.1 Å². The normalized spacial score (nSPS) is 9.71. The minimum absolute atomic E-state index is 0.0232. The summed E-state index contributed by atoms with van der Waals surface area (Å²) in [5.74, 6) is -0.495. The van der Waals surface area contributed by atoms with Crippen molar-refractivity contribution in [3.05, 3.63) is 35.9 Å². The maximum atomic E-state index is 11.2. The van der Waals surface area contributed by atoms with Gasteiger partial charge in [-0.25, -0.2) is 0 Å². The summed E-state index contributed by atoms with van der Waals surface area (Å²) in [6.45, 7) is 5.60. The van der Waals surface area contributed by atoms with Gasteiger partial charge >= 0.3 is 5.97 Å². The van der Waals surface area contributed by atoms with Crippen LogP contribution in [0.3, 0.4) is 0 Å². The second-order valence-corrected chi connectivity index (χ2v) is 3.44. The Balaban J connectivity index is 2.88. The van der Waals surface area contributed by atoms with Crippen LogP contribution in [-0.2, 0) is 9.53 Å². The van der Waals surface area contributed by atoms with Gasteiger partial charge in [0.2, 0.25) is 0 Å². The van der Waals surface area contributed by atoms with Crippen LogP contribution in [0.15, 0.2) is 24.8 Å². The van der Waals surface area contributed by atoms with E-state index in [1.807, 2.05) is 0 Å². The molecule has 0 saturated heterocycles. The molecule has 0 unspecified atom stereocenters. The van der Waals surface area contributed by atoms with Gasteiger partial charge in [-0.1, -0.05) is 18.7 Å². The number of nitrogens with one attached hydrogen (secondary N) is 1. The Hall–Kier alpha value is -2.10. The summed E-state index contributed by atoms with van der Waals surface area (Å²) in [5, 5.41) is 17.4. The average Bonchev–Trinajstić information content (AvgIpc) is 2.29. The lowest BCUT2D eigenvalue weighted by atomic mass is 10.0. The molecular weight excluding hydrogens is 218 g/mol. The third kappa shape index (κ3) is 3.45. The first-order chi connectivity index (χ1) is 8.08. The molecule has 2 N–H and O–H groups in total. The van der Waals surface area contributed by atoms with Crippen molar-refractivity contribution >= 4 is 17.8 Å². The van der Waals surface area contributed by atoms with E-state index in [1.54, 1.807) is 25.1 Å². The smallest absolute Gasteiger partial charge is 0.311 e. The van der Waals surface area contributed by atoms with Crippen LogP contribution in [0, 0.1) is 5.41 Å². The van der Waals surface area contributed by atoms with E-state index in [0.29, 0.717) is 5.56 Å². The number of aromatic hydroxyl groups is 1. The lowest BCUT2D eigenvalue weighted by molar-refractivity contribution is -0.141.